The second-order valence-corrected chi connectivity index (χ2v) is 6.23. The van der Waals surface area contributed by atoms with E-state index in [9.17, 15) is 9.90 Å². The highest BCUT2D eigenvalue weighted by Crippen LogP contribution is 2.48. The molecule has 2 N–H and O–H groups in total. The topological polar surface area (TPSA) is 58.6 Å². The van der Waals surface area contributed by atoms with Gasteiger partial charge in [0.2, 0.25) is 5.91 Å². The van der Waals surface area contributed by atoms with Gasteiger partial charge >= 0.3 is 0 Å². The van der Waals surface area contributed by atoms with Crippen molar-refractivity contribution in [3.8, 4) is 5.75 Å². The maximum absolute atomic E-state index is 12.2. The van der Waals surface area contributed by atoms with Crippen molar-refractivity contribution in [1.82, 2.24) is 5.32 Å². The molecule has 2 fully saturated rings. The minimum atomic E-state index is -0.237. The largest absolute Gasteiger partial charge is 0.497 e. The number of aliphatic hydroxyl groups is 1. The number of benzene rings is 1. The molecule has 3 rings (SSSR count). The molecule has 1 amide bonds. The van der Waals surface area contributed by atoms with Gasteiger partial charge in [0, 0.05) is 18.4 Å². The summed E-state index contributed by atoms with van der Waals surface area (Å²) in [5.74, 6) is 1.60. The highest BCUT2D eigenvalue weighted by molar-refractivity contribution is 5.82. The zero-order valence-corrected chi connectivity index (χ0v) is 12.4. The molecule has 4 unspecified atom stereocenters. The molecular formula is C17H23NO3. The van der Waals surface area contributed by atoms with E-state index in [1.807, 2.05) is 18.2 Å². The first-order valence-electron chi connectivity index (χ1n) is 7.78. The molecule has 1 aromatic rings. The Bertz CT molecular complexity index is 517. The molecule has 2 saturated carbocycles. The predicted molar refractivity (Wildman–Crippen MR) is 80.2 cm³/mol. The lowest BCUT2D eigenvalue weighted by Gasteiger charge is -2.15. The summed E-state index contributed by atoms with van der Waals surface area (Å²) in [5.41, 5.74) is 1.18. The third kappa shape index (κ3) is 3.21. The first kappa shape index (κ1) is 14.4. The van der Waals surface area contributed by atoms with Crippen LogP contribution in [0, 0.1) is 11.8 Å². The number of aliphatic hydroxyl groups excluding tert-OH is 1. The molecule has 114 valence electrons. The average Bonchev–Trinajstić information content (AvgIpc) is 3.21. The summed E-state index contributed by atoms with van der Waals surface area (Å²) in [6.07, 6.45) is 3.63. The fourth-order valence-electron chi connectivity index (χ4n) is 3.34. The molecule has 1 aromatic carbocycles. The van der Waals surface area contributed by atoms with Crippen molar-refractivity contribution >= 4 is 5.91 Å². The van der Waals surface area contributed by atoms with Gasteiger partial charge in [0.1, 0.15) is 5.75 Å². The number of nitrogens with one attached hydrogen (secondary N) is 1. The fourth-order valence-corrected chi connectivity index (χ4v) is 3.34. The number of carbonyl (C=O) groups is 1. The van der Waals surface area contributed by atoms with Gasteiger partial charge in [-0.3, -0.25) is 4.79 Å². The van der Waals surface area contributed by atoms with E-state index in [2.05, 4.69) is 11.4 Å². The van der Waals surface area contributed by atoms with Crippen LogP contribution in [-0.2, 0) is 4.79 Å². The Morgan fingerprint density at radius 1 is 1.43 bits per heavy atom. The summed E-state index contributed by atoms with van der Waals surface area (Å²) < 4.78 is 5.23. The number of carbonyl (C=O) groups excluding carboxylic acids is 1. The maximum atomic E-state index is 12.2. The average molecular weight is 289 g/mol. The normalized spacial score (nSPS) is 31.0. The lowest BCUT2D eigenvalue weighted by molar-refractivity contribution is -0.122. The molecule has 0 saturated heterocycles. The SMILES string of the molecule is COc1cccc(C2CC2C(=O)NCC2CCCC2O)c1. The van der Waals surface area contributed by atoms with Crippen LogP contribution in [0.2, 0.25) is 0 Å². The smallest absolute Gasteiger partial charge is 0.223 e. The van der Waals surface area contributed by atoms with E-state index in [-0.39, 0.29) is 23.8 Å². The Kier molecular flexibility index (Phi) is 4.15. The van der Waals surface area contributed by atoms with Crippen LogP contribution < -0.4 is 10.1 Å². The second kappa shape index (κ2) is 6.06. The van der Waals surface area contributed by atoms with E-state index in [0.29, 0.717) is 12.5 Å². The van der Waals surface area contributed by atoms with Crippen molar-refractivity contribution in [3.05, 3.63) is 29.8 Å². The van der Waals surface area contributed by atoms with Crippen LogP contribution in [-0.4, -0.2) is 30.8 Å². The molecule has 4 heteroatoms. The third-order valence-electron chi connectivity index (χ3n) is 4.81. The molecule has 0 bridgehead atoms. The van der Waals surface area contributed by atoms with Gasteiger partial charge in [-0.1, -0.05) is 18.6 Å². The molecule has 4 atom stereocenters. The molecule has 2 aliphatic rings. The van der Waals surface area contributed by atoms with E-state index in [1.165, 1.54) is 5.56 Å². The Morgan fingerprint density at radius 2 is 2.29 bits per heavy atom. The number of methoxy groups -OCH3 is 1. The lowest BCUT2D eigenvalue weighted by atomic mass is 10.1. The highest BCUT2D eigenvalue weighted by atomic mass is 16.5. The van der Waals surface area contributed by atoms with Crippen molar-refractivity contribution in [1.29, 1.82) is 0 Å². The standard InChI is InChI=1S/C17H23NO3/c1-21-13-6-2-4-11(8-13)14-9-15(14)17(20)18-10-12-5-3-7-16(12)19/h2,4,6,8,12,14-16,19H,3,5,7,9-10H2,1H3,(H,18,20). The molecule has 0 aromatic heterocycles. The van der Waals surface area contributed by atoms with Gasteiger partial charge in [-0.25, -0.2) is 0 Å². The van der Waals surface area contributed by atoms with Crippen molar-refractivity contribution in [3.63, 3.8) is 0 Å². The third-order valence-corrected chi connectivity index (χ3v) is 4.81. The van der Waals surface area contributed by atoms with Gasteiger partial charge in [-0.05, 0) is 42.9 Å². The van der Waals surface area contributed by atoms with Crippen LogP contribution >= 0.6 is 0 Å². The maximum Gasteiger partial charge on any atom is 0.223 e. The zero-order chi connectivity index (χ0) is 14.8. The molecule has 0 radical (unpaired) electrons. The number of hydrogen-bond acceptors (Lipinski definition) is 3. The predicted octanol–water partition coefficient (Wildman–Crippen LogP) is 2.08. The van der Waals surface area contributed by atoms with Crippen LogP contribution in [0.25, 0.3) is 0 Å². The molecule has 21 heavy (non-hydrogen) atoms. The Labute approximate surface area is 125 Å². The van der Waals surface area contributed by atoms with Crippen LogP contribution in [0.4, 0.5) is 0 Å². The van der Waals surface area contributed by atoms with Crippen LogP contribution in [0.15, 0.2) is 24.3 Å². The van der Waals surface area contributed by atoms with Gasteiger partial charge in [0.25, 0.3) is 0 Å². The minimum absolute atomic E-state index is 0.0793. The van der Waals surface area contributed by atoms with Gasteiger partial charge in [0.15, 0.2) is 0 Å². The second-order valence-electron chi connectivity index (χ2n) is 6.23. The molecule has 0 aliphatic heterocycles. The molecule has 0 heterocycles. The van der Waals surface area contributed by atoms with Gasteiger partial charge in [-0.2, -0.15) is 0 Å². The van der Waals surface area contributed by atoms with Gasteiger partial charge < -0.3 is 15.2 Å². The summed E-state index contributed by atoms with van der Waals surface area (Å²) in [6.45, 7) is 0.612. The van der Waals surface area contributed by atoms with Gasteiger partial charge in [0.05, 0.1) is 13.2 Å². The van der Waals surface area contributed by atoms with E-state index in [4.69, 9.17) is 4.74 Å². The molecule has 4 nitrogen and oxygen atoms in total. The number of rotatable bonds is 5. The summed E-state index contributed by atoms with van der Waals surface area (Å²) in [5, 5.41) is 12.8. The van der Waals surface area contributed by atoms with E-state index >= 15 is 0 Å². The Hall–Kier alpha value is -1.55. The first-order chi connectivity index (χ1) is 10.2. The van der Waals surface area contributed by atoms with Crippen molar-refractivity contribution in [2.45, 2.75) is 37.7 Å². The summed E-state index contributed by atoms with van der Waals surface area (Å²) in [7, 11) is 1.66. The van der Waals surface area contributed by atoms with Gasteiger partial charge in [-0.15, -0.1) is 0 Å². The van der Waals surface area contributed by atoms with Crippen molar-refractivity contribution in [2.75, 3.05) is 13.7 Å². The summed E-state index contributed by atoms with van der Waals surface area (Å²) in [6, 6.07) is 7.96. The van der Waals surface area contributed by atoms with Crippen molar-refractivity contribution < 1.29 is 14.6 Å². The van der Waals surface area contributed by atoms with E-state index in [0.717, 1.165) is 31.4 Å². The van der Waals surface area contributed by atoms with Crippen LogP contribution in [0.1, 0.15) is 37.2 Å². The molecule has 0 spiro atoms. The summed E-state index contributed by atoms with van der Waals surface area (Å²) in [4.78, 5) is 12.2. The van der Waals surface area contributed by atoms with Crippen LogP contribution in [0.3, 0.4) is 0 Å². The first-order valence-corrected chi connectivity index (χ1v) is 7.78. The number of hydrogen-bond donors (Lipinski definition) is 2. The monoisotopic (exact) mass is 289 g/mol. The Morgan fingerprint density at radius 3 is 3.00 bits per heavy atom. The van der Waals surface area contributed by atoms with Crippen LogP contribution in [0.5, 0.6) is 5.75 Å². The minimum Gasteiger partial charge on any atom is -0.497 e. The molecular weight excluding hydrogens is 266 g/mol. The lowest BCUT2D eigenvalue weighted by Crippen LogP contribution is -2.33. The quantitative estimate of drug-likeness (QED) is 0.872. The number of ether oxygens (including phenoxy) is 1. The highest BCUT2D eigenvalue weighted by Gasteiger charge is 2.44. The zero-order valence-electron chi connectivity index (χ0n) is 12.4. The molecule has 2 aliphatic carbocycles. The van der Waals surface area contributed by atoms with E-state index < -0.39 is 0 Å². The summed E-state index contributed by atoms with van der Waals surface area (Å²) >= 11 is 0. The van der Waals surface area contributed by atoms with Crippen molar-refractivity contribution in [2.24, 2.45) is 11.8 Å². The Balaban J connectivity index is 1.51. The fraction of sp³-hybridized carbons (Fsp3) is 0.588. The van der Waals surface area contributed by atoms with E-state index in [1.54, 1.807) is 7.11 Å². The number of amides is 1.